The molecule has 4 heteroatoms. The second-order valence-corrected chi connectivity index (χ2v) is 5.28. The van der Waals surface area contributed by atoms with E-state index in [-0.39, 0.29) is 6.04 Å². The van der Waals surface area contributed by atoms with Crippen LogP contribution in [0.1, 0.15) is 22.7 Å². The maximum Gasteiger partial charge on any atom is 0.119 e. The first-order valence-corrected chi connectivity index (χ1v) is 7.01. The van der Waals surface area contributed by atoms with E-state index in [2.05, 4.69) is 26.0 Å². The number of nitrogens with zero attached hydrogens (tertiary/aromatic N) is 1. The molecule has 0 saturated heterocycles. The lowest BCUT2D eigenvalue weighted by Crippen LogP contribution is -2.38. The summed E-state index contributed by atoms with van der Waals surface area (Å²) in [5.74, 6) is 7.03. The molecule has 0 fully saturated rings. The van der Waals surface area contributed by atoms with Crippen LogP contribution >= 0.6 is 0 Å². The Balaban J connectivity index is 2.16. The van der Waals surface area contributed by atoms with Gasteiger partial charge in [0.1, 0.15) is 5.75 Å². The molecule has 0 aromatic heterocycles. The fourth-order valence-electron chi connectivity index (χ4n) is 2.54. The summed E-state index contributed by atoms with van der Waals surface area (Å²) in [6.07, 6.45) is 0. The maximum absolute atomic E-state index is 6.28. The second kappa shape index (κ2) is 6.61. The van der Waals surface area contributed by atoms with E-state index in [4.69, 9.17) is 16.3 Å². The molecule has 2 aromatic rings. The first-order chi connectivity index (χ1) is 10.0. The van der Waals surface area contributed by atoms with E-state index in [9.17, 15) is 0 Å². The lowest BCUT2D eigenvalue weighted by Gasteiger charge is -2.26. The predicted molar refractivity (Wildman–Crippen MR) is 87.4 cm³/mol. The van der Waals surface area contributed by atoms with E-state index in [1.165, 1.54) is 0 Å². The summed E-state index contributed by atoms with van der Waals surface area (Å²) in [5.41, 5.74) is 10.6. The lowest BCUT2D eigenvalue weighted by atomic mass is 10.1. The standard InChI is InChI=1S/C17H23N3O/c1-12-6-4-7-13(2)17(12)20(19)11-16(18)14-8-5-9-15(10-14)21-3/h4-10,16H,11,18-19H2,1-3H3. The van der Waals surface area contributed by atoms with Crippen LogP contribution in [-0.2, 0) is 0 Å². The highest BCUT2D eigenvalue weighted by Gasteiger charge is 2.14. The summed E-state index contributed by atoms with van der Waals surface area (Å²) in [6, 6.07) is 13.7. The van der Waals surface area contributed by atoms with Gasteiger partial charge in [0, 0.05) is 6.04 Å². The van der Waals surface area contributed by atoms with Gasteiger partial charge in [0.25, 0.3) is 0 Å². The third-order valence-electron chi connectivity index (χ3n) is 3.64. The summed E-state index contributed by atoms with van der Waals surface area (Å²) in [6.45, 7) is 4.65. The number of hydrogen-bond donors (Lipinski definition) is 2. The number of hydrazine groups is 1. The van der Waals surface area contributed by atoms with Crippen molar-refractivity contribution < 1.29 is 4.74 Å². The predicted octanol–water partition coefficient (Wildman–Crippen LogP) is 2.69. The normalized spacial score (nSPS) is 12.0. The Hall–Kier alpha value is -2.04. The minimum atomic E-state index is -0.177. The van der Waals surface area contributed by atoms with Gasteiger partial charge in [0.2, 0.25) is 0 Å². The van der Waals surface area contributed by atoms with Crippen LogP contribution in [0.5, 0.6) is 5.75 Å². The van der Waals surface area contributed by atoms with E-state index in [0.29, 0.717) is 6.54 Å². The van der Waals surface area contributed by atoms with Crippen molar-refractivity contribution >= 4 is 5.69 Å². The van der Waals surface area contributed by atoms with E-state index in [1.807, 2.05) is 30.3 Å². The Morgan fingerprint density at radius 1 is 1.10 bits per heavy atom. The first-order valence-electron chi connectivity index (χ1n) is 7.01. The Morgan fingerprint density at radius 2 is 1.71 bits per heavy atom. The molecule has 0 amide bonds. The molecule has 2 aromatic carbocycles. The van der Waals surface area contributed by atoms with Crippen LogP contribution in [0.4, 0.5) is 5.69 Å². The monoisotopic (exact) mass is 285 g/mol. The van der Waals surface area contributed by atoms with Crippen molar-refractivity contribution in [3.63, 3.8) is 0 Å². The smallest absolute Gasteiger partial charge is 0.119 e. The Bertz CT molecular complexity index is 592. The van der Waals surface area contributed by atoms with Crippen LogP contribution in [0.2, 0.25) is 0 Å². The zero-order chi connectivity index (χ0) is 15.4. The van der Waals surface area contributed by atoms with Crippen LogP contribution in [0, 0.1) is 13.8 Å². The van der Waals surface area contributed by atoms with Gasteiger partial charge in [-0.1, -0.05) is 30.3 Å². The molecule has 0 spiro atoms. The van der Waals surface area contributed by atoms with Crippen molar-refractivity contribution in [1.82, 2.24) is 0 Å². The zero-order valence-corrected chi connectivity index (χ0v) is 12.8. The van der Waals surface area contributed by atoms with Gasteiger partial charge in [0.15, 0.2) is 0 Å². The maximum atomic E-state index is 6.28. The summed E-state index contributed by atoms with van der Waals surface area (Å²) in [4.78, 5) is 0. The Labute approximate surface area is 126 Å². The molecular weight excluding hydrogens is 262 g/mol. The average molecular weight is 285 g/mol. The number of methoxy groups -OCH3 is 1. The van der Waals surface area contributed by atoms with Gasteiger partial charge in [-0.15, -0.1) is 0 Å². The third kappa shape index (κ3) is 3.54. The second-order valence-electron chi connectivity index (χ2n) is 5.28. The van der Waals surface area contributed by atoms with Crippen molar-refractivity contribution in [2.45, 2.75) is 19.9 Å². The lowest BCUT2D eigenvalue weighted by molar-refractivity contribution is 0.414. The molecule has 0 heterocycles. The quantitative estimate of drug-likeness (QED) is 0.655. The van der Waals surface area contributed by atoms with Crippen molar-refractivity contribution in [1.29, 1.82) is 0 Å². The molecule has 21 heavy (non-hydrogen) atoms. The van der Waals surface area contributed by atoms with Crippen molar-refractivity contribution in [2.24, 2.45) is 11.6 Å². The molecule has 0 aliphatic carbocycles. The first kappa shape index (κ1) is 15.4. The van der Waals surface area contributed by atoms with Gasteiger partial charge in [-0.2, -0.15) is 0 Å². The van der Waals surface area contributed by atoms with Crippen LogP contribution in [0.3, 0.4) is 0 Å². The summed E-state index contributed by atoms with van der Waals surface area (Å²) >= 11 is 0. The Kier molecular flexibility index (Phi) is 4.83. The molecule has 112 valence electrons. The van der Waals surface area contributed by atoms with E-state index < -0.39 is 0 Å². The van der Waals surface area contributed by atoms with Crippen LogP contribution in [0.15, 0.2) is 42.5 Å². The average Bonchev–Trinajstić information content (AvgIpc) is 2.47. The SMILES string of the molecule is COc1cccc(C(N)CN(N)c2c(C)cccc2C)c1. The van der Waals surface area contributed by atoms with Gasteiger partial charge < -0.3 is 15.5 Å². The molecular formula is C17H23N3O. The van der Waals surface area contributed by atoms with Crippen LogP contribution in [0.25, 0.3) is 0 Å². The molecule has 0 radical (unpaired) electrons. The van der Waals surface area contributed by atoms with Crippen molar-refractivity contribution in [3.05, 3.63) is 59.2 Å². The van der Waals surface area contributed by atoms with E-state index in [0.717, 1.165) is 28.1 Å². The number of anilines is 1. The number of para-hydroxylation sites is 1. The van der Waals surface area contributed by atoms with Crippen LogP contribution < -0.4 is 21.3 Å². The molecule has 1 unspecified atom stereocenters. The summed E-state index contributed by atoms with van der Waals surface area (Å²) < 4.78 is 5.23. The fraction of sp³-hybridized carbons (Fsp3) is 0.294. The molecule has 2 rings (SSSR count). The number of hydrogen-bond acceptors (Lipinski definition) is 4. The van der Waals surface area contributed by atoms with Gasteiger partial charge in [0.05, 0.1) is 19.3 Å². The summed E-state index contributed by atoms with van der Waals surface area (Å²) in [5, 5.41) is 1.73. The summed E-state index contributed by atoms with van der Waals surface area (Å²) in [7, 11) is 1.65. The molecule has 1 atom stereocenters. The number of aryl methyl sites for hydroxylation is 2. The Morgan fingerprint density at radius 3 is 2.33 bits per heavy atom. The molecule has 0 aliphatic rings. The topological polar surface area (TPSA) is 64.5 Å². The van der Waals surface area contributed by atoms with E-state index in [1.54, 1.807) is 12.1 Å². The highest BCUT2D eigenvalue weighted by Crippen LogP contribution is 2.24. The minimum Gasteiger partial charge on any atom is -0.497 e. The van der Waals surface area contributed by atoms with Crippen molar-refractivity contribution in [3.8, 4) is 5.75 Å². The van der Waals surface area contributed by atoms with Gasteiger partial charge in [-0.3, -0.25) is 0 Å². The van der Waals surface area contributed by atoms with Crippen molar-refractivity contribution in [2.75, 3.05) is 18.7 Å². The van der Waals surface area contributed by atoms with E-state index >= 15 is 0 Å². The van der Waals surface area contributed by atoms with Gasteiger partial charge in [-0.05, 0) is 42.7 Å². The molecule has 0 bridgehead atoms. The molecule has 4 N–H and O–H groups in total. The largest absolute Gasteiger partial charge is 0.497 e. The molecule has 4 nitrogen and oxygen atoms in total. The highest BCUT2D eigenvalue weighted by molar-refractivity contribution is 5.58. The molecule has 0 saturated carbocycles. The fourth-order valence-corrected chi connectivity index (χ4v) is 2.54. The number of benzene rings is 2. The minimum absolute atomic E-state index is 0.177. The zero-order valence-electron chi connectivity index (χ0n) is 12.8. The highest BCUT2D eigenvalue weighted by atomic mass is 16.5. The number of rotatable bonds is 5. The third-order valence-corrected chi connectivity index (χ3v) is 3.64. The number of nitrogens with two attached hydrogens (primary N) is 2. The van der Waals surface area contributed by atoms with Crippen LogP contribution in [-0.4, -0.2) is 13.7 Å². The molecule has 0 aliphatic heterocycles. The number of ether oxygens (including phenoxy) is 1. The van der Waals surface area contributed by atoms with Gasteiger partial charge in [-0.25, -0.2) is 5.84 Å². The van der Waals surface area contributed by atoms with Gasteiger partial charge >= 0.3 is 0 Å².